The zero-order valence-electron chi connectivity index (χ0n) is 13.5. The van der Waals surface area contributed by atoms with E-state index >= 15 is 0 Å². The van der Waals surface area contributed by atoms with E-state index in [9.17, 15) is 0 Å². The van der Waals surface area contributed by atoms with E-state index in [1.54, 1.807) is 0 Å². The van der Waals surface area contributed by atoms with Crippen LogP contribution in [-0.4, -0.2) is 24.0 Å². The predicted molar refractivity (Wildman–Crippen MR) is 86.7 cm³/mol. The zero-order chi connectivity index (χ0) is 14.7. The van der Waals surface area contributed by atoms with Gasteiger partial charge in [-0.3, -0.25) is 4.90 Å². The molecule has 2 heteroatoms. The molecule has 20 heavy (non-hydrogen) atoms. The first-order valence-corrected chi connectivity index (χ1v) is 8.06. The molecular formula is C18H30N2. The normalized spacial score (nSPS) is 23.2. The van der Waals surface area contributed by atoms with Gasteiger partial charge in [-0.1, -0.05) is 38.1 Å². The molecule has 1 heterocycles. The van der Waals surface area contributed by atoms with E-state index in [1.165, 1.54) is 30.5 Å². The van der Waals surface area contributed by atoms with Crippen molar-refractivity contribution in [2.24, 2.45) is 17.6 Å². The number of likely N-dealkylation sites (tertiary alicyclic amines) is 1. The van der Waals surface area contributed by atoms with E-state index in [0.29, 0.717) is 18.0 Å². The molecule has 2 rings (SSSR count). The van der Waals surface area contributed by atoms with Crippen molar-refractivity contribution in [2.75, 3.05) is 13.1 Å². The average Bonchev–Trinajstić information content (AvgIpc) is 2.88. The smallest absolute Gasteiger partial charge is 0.0320 e. The van der Waals surface area contributed by atoms with Crippen molar-refractivity contribution in [1.29, 1.82) is 0 Å². The molecule has 0 saturated carbocycles. The van der Waals surface area contributed by atoms with Gasteiger partial charge in [0, 0.05) is 18.6 Å². The van der Waals surface area contributed by atoms with Gasteiger partial charge < -0.3 is 5.73 Å². The minimum absolute atomic E-state index is 0.320. The minimum Gasteiger partial charge on any atom is -0.328 e. The Labute approximate surface area is 124 Å². The van der Waals surface area contributed by atoms with Crippen LogP contribution in [0.1, 0.15) is 51.3 Å². The maximum absolute atomic E-state index is 6.04. The first kappa shape index (κ1) is 15.5. The third kappa shape index (κ3) is 3.83. The lowest BCUT2D eigenvalue weighted by molar-refractivity contribution is 0.248. The Morgan fingerprint density at radius 1 is 1.15 bits per heavy atom. The molecule has 1 aromatic carbocycles. The molecule has 0 aromatic heterocycles. The van der Waals surface area contributed by atoms with Crippen LogP contribution in [-0.2, 0) is 6.42 Å². The Balaban J connectivity index is 1.97. The van der Waals surface area contributed by atoms with Crippen LogP contribution in [0.4, 0.5) is 0 Å². The molecule has 2 N–H and O–H groups in total. The lowest BCUT2D eigenvalue weighted by Crippen LogP contribution is -2.30. The number of benzene rings is 1. The molecule has 0 radical (unpaired) electrons. The Morgan fingerprint density at radius 2 is 1.80 bits per heavy atom. The van der Waals surface area contributed by atoms with Crippen LogP contribution in [0.2, 0.25) is 0 Å². The molecule has 3 atom stereocenters. The second-order valence-electron chi connectivity index (χ2n) is 6.92. The fourth-order valence-corrected chi connectivity index (χ4v) is 3.21. The summed E-state index contributed by atoms with van der Waals surface area (Å²) in [6.07, 6.45) is 2.42. The summed E-state index contributed by atoms with van der Waals surface area (Å²) in [5, 5.41) is 0. The summed E-state index contributed by atoms with van der Waals surface area (Å²) in [6, 6.07) is 10.0. The predicted octanol–water partition coefficient (Wildman–Crippen LogP) is 3.62. The molecule has 112 valence electrons. The number of hydrogen-bond acceptors (Lipinski definition) is 2. The van der Waals surface area contributed by atoms with Gasteiger partial charge >= 0.3 is 0 Å². The van der Waals surface area contributed by atoms with Gasteiger partial charge in [0.15, 0.2) is 0 Å². The van der Waals surface area contributed by atoms with Gasteiger partial charge in [0.2, 0.25) is 0 Å². The summed E-state index contributed by atoms with van der Waals surface area (Å²) >= 11 is 0. The molecule has 2 nitrogen and oxygen atoms in total. The van der Waals surface area contributed by atoms with Crippen molar-refractivity contribution >= 4 is 0 Å². The van der Waals surface area contributed by atoms with Crippen LogP contribution in [0.15, 0.2) is 24.3 Å². The summed E-state index contributed by atoms with van der Waals surface area (Å²) in [5.74, 6) is 1.39. The first-order chi connectivity index (χ1) is 9.47. The molecule has 0 aliphatic carbocycles. The Hall–Kier alpha value is -0.860. The van der Waals surface area contributed by atoms with Crippen molar-refractivity contribution in [3.63, 3.8) is 0 Å². The fourth-order valence-electron chi connectivity index (χ4n) is 3.21. The SMILES string of the molecule is CC(C)Cc1ccc(C(C)N2CCC(C(C)N)C2)cc1. The van der Waals surface area contributed by atoms with Crippen LogP contribution < -0.4 is 5.73 Å². The van der Waals surface area contributed by atoms with Gasteiger partial charge in [-0.15, -0.1) is 0 Å². The molecule has 1 fully saturated rings. The number of nitrogens with zero attached hydrogens (tertiary/aromatic N) is 1. The second-order valence-corrected chi connectivity index (χ2v) is 6.92. The maximum Gasteiger partial charge on any atom is 0.0320 e. The third-order valence-electron chi connectivity index (χ3n) is 4.65. The highest BCUT2D eigenvalue weighted by Gasteiger charge is 2.28. The highest BCUT2D eigenvalue weighted by molar-refractivity contribution is 5.25. The van der Waals surface area contributed by atoms with E-state index in [2.05, 4.69) is 56.9 Å². The van der Waals surface area contributed by atoms with Gasteiger partial charge in [-0.25, -0.2) is 0 Å². The van der Waals surface area contributed by atoms with E-state index in [4.69, 9.17) is 5.73 Å². The van der Waals surface area contributed by atoms with Crippen molar-refractivity contribution in [1.82, 2.24) is 4.90 Å². The number of nitrogens with two attached hydrogens (primary N) is 1. The van der Waals surface area contributed by atoms with Gasteiger partial charge in [0.1, 0.15) is 0 Å². The van der Waals surface area contributed by atoms with Crippen LogP contribution in [0.5, 0.6) is 0 Å². The molecule has 0 bridgehead atoms. The molecule has 1 aliphatic heterocycles. The third-order valence-corrected chi connectivity index (χ3v) is 4.65. The highest BCUT2D eigenvalue weighted by Crippen LogP contribution is 2.28. The summed E-state index contributed by atoms with van der Waals surface area (Å²) in [5.41, 5.74) is 8.92. The summed E-state index contributed by atoms with van der Waals surface area (Å²) in [4.78, 5) is 2.57. The molecule has 1 aliphatic rings. The average molecular weight is 274 g/mol. The van der Waals surface area contributed by atoms with E-state index < -0.39 is 0 Å². The Bertz CT molecular complexity index is 408. The van der Waals surface area contributed by atoms with Crippen LogP contribution in [0.3, 0.4) is 0 Å². The lowest BCUT2D eigenvalue weighted by atomic mass is 9.99. The standard InChI is InChI=1S/C18H30N2/c1-13(2)11-16-5-7-17(8-6-16)15(4)20-10-9-18(12-20)14(3)19/h5-8,13-15,18H,9-12,19H2,1-4H3. The molecule has 3 unspecified atom stereocenters. The zero-order valence-corrected chi connectivity index (χ0v) is 13.5. The summed E-state index contributed by atoms with van der Waals surface area (Å²) in [7, 11) is 0. The summed E-state index contributed by atoms with van der Waals surface area (Å²) < 4.78 is 0. The monoisotopic (exact) mass is 274 g/mol. The van der Waals surface area contributed by atoms with Gasteiger partial charge in [-0.05, 0) is 56.2 Å². The summed E-state index contributed by atoms with van der Waals surface area (Å²) in [6.45, 7) is 11.3. The molecule has 0 spiro atoms. The van der Waals surface area contributed by atoms with Crippen LogP contribution in [0.25, 0.3) is 0 Å². The van der Waals surface area contributed by atoms with Gasteiger partial charge in [0.25, 0.3) is 0 Å². The highest BCUT2D eigenvalue weighted by atomic mass is 15.2. The van der Waals surface area contributed by atoms with Crippen molar-refractivity contribution < 1.29 is 0 Å². The molecule has 1 aromatic rings. The Kier molecular flexibility index (Phi) is 5.22. The maximum atomic E-state index is 6.04. The van der Waals surface area contributed by atoms with Crippen molar-refractivity contribution in [2.45, 2.75) is 52.6 Å². The van der Waals surface area contributed by atoms with Gasteiger partial charge in [-0.2, -0.15) is 0 Å². The topological polar surface area (TPSA) is 29.3 Å². The fraction of sp³-hybridized carbons (Fsp3) is 0.667. The molecule has 0 amide bonds. The van der Waals surface area contributed by atoms with Crippen molar-refractivity contribution in [3.05, 3.63) is 35.4 Å². The quantitative estimate of drug-likeness (QED) is 0.888. The van der Waals surface area contributed by atoms with E-state index in [1.807, 2.05) is 0 Å². The minimum atomic E-state index is 0.320. The Morgan fingerprint density at radius 3 is 2.30 bits per heavy atom. The first-order valence-electron chi connectivity index (χ1n) is 8.06. The number of rotatable bonds is 5. The van der Waals surface area contributed by atoms with Crippen LogP contribution in [0, 0.1) is 11.8 Å². The van der Waals surface area contributed by atoms with E-state index in [-0.39, 0.29) is 0 Å². The van der Waals surface area contributed by atoms with Crippen LogP contribution >= 0.6 is 0 Å². The van der Waals surface area contributed by atoms with Crippen molar-refractivity contribution in [3.8, 4) is 0 Å². The number of hydrogen-bond donors (Lipinski definition) is 1. The largest absolute Gasteiger partial charge is 0.328 e. The lowest BCUT2D eigenvalue weighted by Gasteiger charge is -2.25. The van der Waals surface area contributed by atoms with E-state index in [0.717, 1.165) is 12.5 Å². The second kappa shape index (κ2) is 6.73. The molecule has 1 saturated heterocycles. The van der Waals surface area contributed by atoms with Gasteiger partial charge in [0.05, 0.1) is 0 Å². The molecular weight excluding hydrogens is 244 g/mol.